The van der Waals surface area contributed by atoms with Crippen molar-refractivity contribution >= 4 is 35.2 Å². The number of hydrogen-bond acceptors (Lipinski definition) is 6. The molecule has 3 amide bonds. The number of thiophene rings is 1. The molecule has 4 N–H and O–H groups in total. The van der Waals surface area contributed by atoms with E-state index in [1.807, 2.05) is 48.5 Å². The summed E-state index contributed by atoms with van der Waals surface area (Å²) in [4.78, 5) is 47.5. The topological polar surface area (TPSA) is 134 Å². The summed E-state index contributed by atoms with van der Waals surface area (Å²) in [5.41, 5.74) is 8.57. The van der Waals surface area contributed by atoms with Crippen LogP contribution in [0.5, 0.6) is 0 Å². The van der Waals surface area contributed by atoms with Gasteiger partial charge in [0.2, 0.25) is 0 Å². The van der Waals surface area contributed by atoms with Crippen LogP contribution in [0, 0.1) is 0 Å². The fourth-order valence-corrected chi connectivity index (χ4v) is 4.51. The van der Waals surface area contributed by atoms with E-state index < -0.39 is 29.9 Å². The standard InChI is InChI=1S/C23H19N3O6S/c27-20(19(18-10-5-11-33-18)24-21(28)22(29)30)25-26-23(31)32-12-17-15-8-3-1-6-13(15)14-7-2-4-9-16(14)17/h1-11,17,19H,12H2,(H,24,28)(H,25,27)(H,26,31)(H,29,30). The summed E-state index contributed by atoms with van der Waals surface area (Å²) in [7, 11) is 0. The lowest BCUT2D eigenvalue weighted by molar-refractivity contribution is -0.151. The SMILES string of the molecule is O=C(NNC(=O)C(NC(=O)C(=O)O)c1cccs1)OCC1c2ccccc2-c2ccccc21. The molecule has 1 heterocycles. The Labute approximate surface area is 192 Å². The molecular weight excluding hydrogens is 446 g/mol. The van der Waals surface area contributed by atoms with Gasteiger partial charge in [0.25, 0.3) is 5.91 Å². The number of rotatable bonds is 5. The highest BCUT2D eigenvalue weighted by molar-refractivity contribution is 7.10. The van der Waals surface area contributed by atoms with Crippen LogP contribution in [0.25, 0.3) is 11.1 Å². The smallest absolute Gasteiger partial charge is 0.426 e. The zero-order valence-electron chi connectivity index (χ0n) is 17.1. The maximum atomic E-state index is 12.5. The number of fused-ring (bicyclic) bond motifs is 3. The molecule has 1 aliphatic carbocycles. The van der Waals surface area contributed by atoms with Gasteiger partial charge in [-0.1, -0.05) is 54.6 Å². The second-order valence-electron chi connectivity index (χ2n) is 7.17. The van der Waals surface area contributed by atoms with Gasteiger partial charge >= 0.3 is 18.0 Å². The molecule has 10 heteroatoms. The molecule has 2 aromatic carbocycles. The van der Waals surface area contributed by atoms with Gasteiger partial charge in [0.1, 0.15) is 12.6 Å². The molecule has 3 aromatic rings. The molecule has 168 valence electrons. The van der Waals surface area contributed by atoms with Gasteiger partial charge in [-0.2, -0.15) is 0 Å². The van der Waals surface area contributed by atoms with Gasteiger partial charge in [0.05, 0.1) is 0 Å². The number of amides is 3. The number of carboxylic acids is 1. The third kappa shape index (κ3) is 4.70. The minimum atomic E-state index is -1.73. The van der Waals surface area contributed by atoms with Gasteiger partial charge in [-0.25, -0.2) is 15.0 Å². The summed E-state index contributed by atoms with van der Waals surface area (Å²) in [6.45, 7) is 0.0554. The first-order valence-corrected chi connectivity index (χ1v) is 10.8. The third-order valence-corrected chi connectivity index (χ3v) is 6.13. The Bertz CT molecular complexity index is 1160. The molecule has 0 radical (unpaired) electrons. The van der Waals surface area contributed by atoms with Crippen LogP contribution in [0.1, 0.15) is 28.0 Å². The monoisotopic (exact) mass is 465 g/mol. The van der Waals surface area contributed by atoms with Gasteiger partial charge in [-0.15, -0.1) is 11.3 Å². The van der Waals surface area contributed by atoms with Crippen molar-refractivity contribution in [2.45, 2.75) is 12.0 Å². The lowest BCUT2D eigenvalue weighted by Crippen LogP contribution is -2.49. The predicted octanol–water partition coefficient (Wildman–Crippen LogP) is 2.56. The Balaban J connectivity index is 1.37. The zero-order chi connectivity index (χ0) is 23.4. The molecular formula is C23H19N3O6S. The number of nitrogens with one attached hydrogen (secondary N) is 3. The van der Waals surface area contributed by atoms with Gasteiger partial charge < -0.3 is 15.2 Å². The van der Waals surface area contributed by atoms with Gasteiger partial charge in [-0.3, -0.25) is 15.0 Å². The average molecular weight is 465 g/mol. The molecule has 0 fully saturated rings. The van der Waals surface area contributed by atoms with Crippen LogP contribution >= 0.6 is 11.3 Å². The maximum absolute atomic E-state index is 12.5. The Morgan fingerprint density at radius 3 is 2.12 bits per heavy atom. The Morgan fingerprint density at radius 2 is 1.55 bits per heavy atom. The van der Waals surface area contributed by atoms with Crippen LogP contribution in [-0.4, -0.2) is 35.6 Å². The van der Waals surface area contributed by atoms with Crippen molar-refractivity contribution in [2.24, 2.45) is 0 Å². The number of hydrogen-bond donors (Lipinski definition) is 4. The second kappa shape index (κ2) is 9.53. The first-order chi connectivity index (χ1) is 16.0. The van der Waals surface area contributed by atoms with E-state index in [4.69, 9.17) is 9.84 Å². The molecule has 0 saturated carbocycles. The lowest BCUT2D eigenvalue weighted by Gasteiger charge is -2.17. The third-order valence-electron chi connectivity index (χ3n) is 5.19. The minimum absolute atomic E-state index is 0.0554. The molecule has 1 atom stereocenters. The van der Waals surface area contributed by atoms with Crippen LogP contribution in [-0.2, 0) is 19.1 Å². The summed E-state index contributed by atoms with van der Waals surface area (Å²) in [6, 6.07) is 17.7. The highest BCUT2D eigenvalue weighted by atomic mass is 32.1. The molecule has 33 heavy (non-hydrogen) atoms. The normalized spacial score (nSPS) is 12.7. The number of ether oxygens (including phenoxy) is 1. The summed E-state index contributed by atoms with van der Waals surface area (Å²) in [5.74, 6) is -4.04. The van der Waals surface area contributed by atoms with Crippen molar-refractivity contribution < 1.29 is 29.0 Å². The van der Waals surface area contributed by atoms with Gasteiger partial charge in [0.15, 0.2) is 0 Å². The predicted molar refractivity (Wildman–Crippen MR) is 119 cm³/mol. The van der Waals surface area contributed by atoms with Crippen molar-refractivity contribution in [3.63, 3.8) is 0 Å². The van der Waals surface area contributed by atoms with Crippen LogP contribution < -0.4 is 16.2 Å². The van der Waals surface area contributed by atoms with Crippen LogP contribution in [0.4, 0.5) is 4.79 Å². The van der Waals surface area contributed by atoms with E-state index in [0.29, 0.717) is 4.88 Å². The fraction of sp³-hybridized carbons (Fsp3) is 0.130. The zero-order valence-corrected chi connectivity index (χ0v) is 17.9. The Kier molecular flexibility index (Phi) is 6.36. The summed E-state index contributed by atoms with van der Waals surface area (Å²) in [5, 5.41) is 12.6. The van der Waals surface area contributed by atoms with E-state index in [2.05, 4.69) is 16.2 Å². The Hall–Kier alpha value is -4.18. The van der Waals surface area contributed by atoms with E-state index in [0.717, 1.165) is 33.6 Å². The largest absolute Gasteiger partial charge is 0.474 e. The number of carboxylic acid groups (broad SMARTS) is 1. The van der Waals surface area contributed by atoms with Crippen LogP contribution in [0.2, 0.25) is 0 Å². The number of carbonyl (C=O) groups is 4. The number of carbonyl (C=O) groups excluding carboxylic acids is 3. The van der Waals surface area contributed by atoms with E-state index >= 15 is 0 Å². The Morgan fingerprint density at radius 1 is 0.909 bits per heavy atom. The number of hydrazine groups is 1. The summed E-state index contributed by atoms with van der Waals surface area (Å²) in [6.07, 6.45) is -0.889. The van der Waals surface area contributed by atoms with Gasteiger partial charge in [-0.05, 0) is 33.7 Å². The summed E-state index contributed by atoms with van der Waals surface area (Å²) >= 11 is 1.15. The lowest BCUT2D eigenvalue weighted by atomic mass is 9.98. The van der Waals surface area contributed by atoms with E-state index in [1.54, 1.807) is 17.5 Å². The van der Waals surface area contributed by atoms with Gasteiger partial charge in [0, 0.05) is 10.8 Å². The highest BCUT2D eigenvalue weighted by Crippen LogP contribution is 2.44. The highest BCUT2D eigenvalue weighted by Gasteiger charge is 2.30. The molecule has 1 unspecified atom stereocenters. The van der Waals surface area contributed by atoms with Crippen molar-refractivity contribution in [1.29, 1.82) is 0 Å². The van der Waals surface area contributed by atoms with E-state index in [1.165, 1.54) is 0 Å². The maximum Gasteiger partial charge on any atom is 0.426 e. The second-order valence-corrected chi connectivity index (χ2v) is 8.15. The molecule has 4 rings (SSSR count). The fourth-order valence-electron chi connectivity index (χ4n) is 3.73. The molecule has 9 nitrogen and oxygen atoms in total. The first kappa shape index (κ1) is 22.0. The minimum Gasteiger partial charge on any atom is -0.474 e. The van der Waals surface area contributed by atoms with E-state index in [-0.39, 0.29) is 12.5 Å². The van der Waals surface area contributed by atoms with Crippen molar-refractivity contribution in [1.82, 2.24) is 16.2 Å². The van der Waals surface area contributed by atoms with Crippen molar-refractivity contribution in [2.75, 3.05) is 6.61 Å². The summed E-state index contributed by atoms with van der Waals surface area (Å²) < 4.78 is 5.34. The molecule has 0 aliphatic heterocycles. The molecule has 1 aromatic heterocycles. The number of benzene rings is 2. The van der Waals surface area contributed by atoms with Crippen LogP contribution in [0.3, 0.4) is 0 Å². The molecule has 0 saturated heterocycles. The van der Waals surface area contributed by atoms with E-state index in [9.17, 15) is 19.2 Å². The van der Waals surface area contributed by atoms with Crippen LogP contribution in [0.15, 0.2) is 66.0 Å². The molecule has 1 aliphatic rings. The molecule has 0 bridgehead atoms. The number of aliphatic carboxylic acids is 1. The quantitative estimate of drug-likeness (QED) is 0.338. The first-order valence-electron chi connectivity index (χ1n) is 9.93. The molecule has 0 spiro atoms. The van der Waals surface area contributed by atoms with Crippen molar-refractivity contribution in [3.05, 3.63) is 82.0 Å². The average Bonchev–Trinajstić information content (AvgIpc) is 3.46. The van der Waals surface area contributed by atoms with Crippen molar-refractivity contribution in [3.8, 4) is 11.1 Å².